The van der Waals surface area contributed by atoms with Crippen molar-refractivity contribution in [1.82, 2.24) is 15.2 Å². The van der Waals surface area contributed by atoms with E-state index in [1.165, 1.54) is 24.5 Å². The largest absolute Gasteiger partial charge is 0.289 e. The fourth-order valence-electron chi connectivity index (χ4n) is 1.54. The molecule has 2 rings (SSSR count). The second-order valence-electron chi connectivity index (χ2n) is 4.17. The molecule has 11 heteroatoms. The Bertz CT molecular complexity index is 857. The van der Waals surface area contributed by atoms with Crippen LogP contribution in [0.5, 0.6) is 0 Å². The number of hydrogen-bond donors (Lipinski definition) is 2. The molecule has 9 nitrogen and oxygen atoms in total. The predicted molar refractivity (Wildman–Crippen MR) is 80.1 cm³/mol. The molecular formula is C12H9ClN4O5S. The molecule has 23 heavy (non-hydrogen) atoms. The summed E-state index contributed by atoms with van der Waals surface area (Å²) in [5.74, 6) is -0.731. The summed E-state index contributed by atoms with van der Waals surface area (Å²) in [5.41, 5.74) is 1.56. The van der Waals surface area contributed by atoms with Crippen LogP contribution in [0.15, 0.2) is 47.6 Å². The molecule has 0 fully saturated rings. The minimum atomic E-state index is -4.20. The summed E-state index contributed by atoms with van der Waals surface area (Å²) in [7, 11) is -4.20. The minimum Gasteiger partial charge on any atom is -0.273 e. The maximum atomic E-state index is 12.0. The number of nitro groups is 1. The van der Waals surface area contributed by atoms with Crippen molar-refractivity contribution in [2.75, 3.05) is 0 Å². The van der Waals surface area contributed by atoms with Crippen molar-refractivity contribution >= 4 is 33.2 Å². The zero-order valence-corrected chi connectivity index (χ0v) is 12.8. The second-order valence-corrected chi connectivity index (χ2v) is 6.26. The zero-order chi connectivity index (χ0) is 17.0. The molecule has 0 spiro atoms. The third kappa shape index (κ3) is 4.00. The Morgan fingerprint density at radius 3 is 2.65 bits per heavy atom. The van der Waals surface area contributed by atoms with Gasteiger partial charge >= 0.3 is 0 Å². The number of halogens is 1. The first kappa shape index (κ1) is 16.8. The Morgan fingerprint density at radius 2 is 2.04 bits per heavy atom. The van der Waals surface area contributed by atoms with Crippen molar-refractivity contribution in [3.05, 3.63) is 63.4 Å². The highest BCUT2D eigenvalue weighted by atomic mass is 35.5. The van der Waals surface area contributed by atoms with Crippen LogP contribution in [-0.4, -0.2) is 24.2 Å². The van der Waals surface area contributed by atoms with Crippen LogP contribution in [0.3, 0.4) is 0 Å². The van der Waals surface area contributed by atoms with E-state index in [4.69, 9.17) is 11.6 Å². The maximum absolute atomic E-state index is 12.0. The van der Waals surface area contributed by atoms with Crippen molar-refractivity contribution in [2.24, 2.45) is 0 Å². The molecule has 0 aliphatic heterocycles. The summed E-state index contributed by atoms with van der Waals surface area (Å²) in [6.07, 6.45) is 2.70. The normalized spacial score (nSPS) is 11.0. The van der Waals surface area contributed by atoms with Gasteiger partial charge in [0.1, 0.15) is 5.02 Å². The summed E-state index contributed by atoms with van der Waals surface area (Å²) in [5, 5.41) is 10.6. The van der Waals surface area contributed by atoms with Gasteiger partial charge in [-0.2, -0.15) is 0 Å². The summed E-state index contributed by atoms with van der Waals surface area (Å²) in [6, 6.07) is 5.89. The lowest BCUT2D eigenvalue weighted by atomic mass is 10.3. The van der Waals surface area contributed by atoms with Crippen LogP contribution in [0.1, 0.15) is 10.4 Å². The van der Waals surface area contributed by atoms with Crippen molar-refractivity contribution in [2.45, 2.75) is 4.90 Å². The van der Waals surface area contributed by atoms with Gasteiger partial charge in [0.2, 0.25) is 0 Å². The Balaban J connectivity index is 2.18. The monoisotopic (exact) mass is 356 g/mol. The third-order valence-corrected chi connectivity index (χ3v) is 4.21. The number of carbonyl (C=O) groups excluding carboxylic acids is 1. The average molecular weight is 357 g/mol. The molecule has 0 saturated heterocycles. The molecule has 0 aliphatic rings. The second kappa shape index (κ2) is 6.69. The van der Waals surface area contributed by atoms with Gasteiger partial charge in [-0.3, -0.25) is 25.3 Å². The van der Waals surface area contributed by atoms with E-state index in [0.717, 1.165) is 18.2 Å². The Kier molecular flexibility index (Phi) is 4.89. The molecule has 0 saturated carbocycles. The minimum absolute atomic E-state index is 0.136. The number of nitrogens with zero attached hydrogens (tertiary/aromatic N) is 2. The molecule has 0 bridgehead atoms. The lowest BCUT2D eigenvalue weighted by Crippen LogP contribution is -2.41. The highest BCUT2D eigenvalue weighted by Gasteiger charge is 2.21. The van der Waals surface area contributed by atoms with Gasteiger partial charge in [0, 0.05) is 18.5 Å². The number of pyridine rings is 1. The number of amides is 1. The number of nitrogens with one attached hydrogen (secondary N) is 2. The smallest absolute Gasteiger partial charge is 0.273 e. The van der Waals surface area contributed by atoms with E-state index in [0.29, 0.717) is 0 Å². The number of rotatable bonds is 5. The van der Waals surface area contributed by atoms with Crippen molar-refractivity contribution in [3.8, 4) is 0 Å². The lowest BCUT2D eigenvalue weighted by Gasteiger charge is -2.08. The van der Waals surface area contributed by atoms with Crippen LogP contribution in [0.25, 0.3) is 0 Å². The average Bonchev–Trinajstić information content (AvgIpc) is 2.53. The molecule has 1 amide bonds. The van der Waals surface area contributed by atoms with Gasteiger partial charge in [0.05, 0.1) is 15.4 Å². The van der Waals surface area contributed by atoms with Crippen LogP contribution in [0.2, 0.25) is 5.02 Å². The number of aromatic nitrogens is 1. The fourth-order valence-corrected chi connectivity index (χ4v) is 2.59. The number of carbonyl (C=O) groups is 1. The van der Waals surface area contributed by atoms with Crippen LogP contribution in [-0.2, 0) is 10.0 Å². The third-order valence-electron chi connectivity index (χ3n) is 2.65. The molecule has 120 valence electrons. The van der Waals surface area contributed by atoms with Gasteiger partial charge in [0.25, 0.3) is 21.6 Å². The van der Waals surface area contributed by atoms with E-state index in [1.54, 1.807) is 0 Å². The molecule has 1 heterocycles. The molecule has 1 aromatic heterocycles. The Hall–Kier alpha value is -2.56. The van der Waals surface area contributed by atoms with Crippen LogP contribution in [0, 0.1) is 10.1 Å². The fraction of sp³-hybridized carbons (Fsp3) is 0. The van der Waals surface area contributed by atoms with Gasteiger partial charge < -0.3 is 0 Å². The van der Waals surface area contributed by atoms with Gasteiger partial charge in [-0.25, -0.2) is 8.42 Å². The zero-order valence-electron chi connectivity index (χ0n) is 11.3. The van der Waals surface area contributed by atoms with Crippen molar-refractivity contribution in [3.63, 3.8) is 0 Å². The van der Waals surface area contributed by atoms with Gasteiger partial charge in [-0.05, 0) is 24.3 Å². The highest BCUT2D eigenvalue weighted by molar-refractivity contribution is 7.89. The van der Waals surface area contributed by atoms with Crippen LogP contribution < -0.4 is 10.3 Å². The first-order valence-electron chi connectivity index (χ1n) is 5.97. The number of benzene rings is 1. The number of sulfonamides is 1. The SMILES string of the molecule is O=C(NNS(=O)(=O)c1ccc(Cl)c([N+](=O)[O-])c1)c1cccnc1. The topological polar surface area (TPSA) is 131 Å². The van der Waals surface area contributed by atoms with E-state index in [1.807, 2.05) is 10.3 Å². The Morgan fingerprint density at radius 1 is 1.30 bits per heavy atom. The predicted octanol–water partition coefficient (Wildman–Crippen LogP) is 1.27. The molecule has 0 aliphatic carbocycles. The summed E-state index contributed by atoms with van der Waals surface area (Å²) in [6.45, 7) is 0. The molecular weight excluding hydrogens is 348 g/mol. The van der Waals surface area contributed by atoms with E-state index in [2.05, 4.69) is 4.98 Å². The summed E-state index contributed by atoms with van der Waals surface area (Å²) in [4.78, 5) is 26.9. The van der Waals surface area contributed by atoms with Gasteiger partial charge in [-0.1, -0.05) is 11.6 Å². The summed E-state index contributed by atoms with van der Waals surface area (Å²) < 4.78 is 24.1. The molecule has 0 unspecified atom stereocenters. The quantitative estimate of drug-likeness (QED) is 0.612. The first-order valence-corrected chi connectivity index (χ1v) is 7.83. The summed E-state index contributed by atoms with van der Waals surface area (Å²) >= 11 is 5.62. The van der Waals surface area contributed by atoms with E-state index < -0.39 is 31.4 Å². The van der Waals surface area contributed by atoms with E-state index >= 15 is 0 Å². The van der Waals surface area contributed by atoms with Crippen LogP contribution in [0.4, 0.5) is 5.69 Å². The number of hydrazine groups is 1. The number of nitro benzene ring substituents is 1. The molecule has 1 aromatic carbocycles. The Labute approximate surface area is 135 Å². The van der Waals surface area contributed by atoms with E-state index in [9.17, 15) is 23.3 Å². The molecule has 0 atom stereocenters. The molecule has 2 aromatic rings. The van der Waals surface area contributed by atoms with Crippen molar-refractivity contribution < 1.29 is 18.1 Å². The lowest BCUT2D eigenvalue weighted by molar-refractivity contribution is -0.384. The van der Waals surface area contributed by atoms with Gasteiger partial charge in [-0.15, -0.1) is 4.83 Å². The highest BCUT2D eigenvalue weighted by Crippen LogP contribution is 2.26. The first-order chi connectivity index (χ1) is 10.8. The number of hydrogen-bond acceptors (Lipinski definition) is 6. The van der Waals surface area contributed by atoms with Crippen molar-refractivity contribution in [1.29, 1.82) is 0 Å². The molecule has 2 N–H and O–H groups in total. The van der Waals surface area contributed by atoms with Crippen LogP contribution >= 0.6 is 11.6 Å². The standard InChI is InChI=1S/C12H9ClN4O5S/c13-10-4-3-9(6-11(10)17(19)20)23(21,22)16-15-12(18)8-2-1-5-14-7-8/h1-7,16H,(H,15,18). The van der Waals surface area contributed by atoms with Gasteiger partial charge in [0.15, 0.2) is 0 Å². The molecule has 0 radical (unpaired) electrons. The van der Waals surface area contributed by atoms with E-state index in [-0.39, 0.29) is 10.6 Å². The maximum Gasteiger partial charge on any atom is 0.289 e.